The minimum atomic E-state index is -0.351. The molecule has 216 valence electrons. The number of likely N-dealkylation sites (N-methyl/N-ethyl adjacent to an activating group) is 1. The van der Waals surface area contributed by atoms with Crippen molar-refractivity contribution in [3.8, 4) is 17.2 Å². The maximum atomic E-state index is 13.6. The number of amides is 2. The zero-order valence-corrected chi connectivity index (χ0v) is 24.0. The van der Waals surface area contributed by atoms with Gasteiger partial charge in [-0.25, -0.2) is 0 Å². The van der Waals surface area contributed by atoms with E-state index in [1.807, 2.05) is 49.4 Å². The van der Waals surface area contributed by atoms with Crippen LogP contribution in [0, 0.1) is 11.8 Å². The first kappa shape index (κ1) is 28.6. The van der Waals surface area contributed by atoms with Crippen molar-refractivity contribution in [3.63, 3.8) is 0 Å². The molecule has 0 spiro atoms. The van der Waals surface area contributed by atoms with E-state index >= 15 is 0 Å². The van der Waals surface area contributed by atoms with Crippen LogP contribution in [0.2, 0.25) is 0 Å². The van der Waals surface area contributed by atoms with Crippen molar-refractivity contribution < 1.29 is 24.2 Å². The van der Waals surface area contributed by atoms with Gasteiger partial charge in [-0.05, 0) is 74.8 Å². The number of rotatable bonds is 10. The predicted molar refractivity (Wildman–Crippen MR) is 158 cm³/mol. The van der Waals surface area contributed by atoms with Crippen LogP contribution in [0.3, 0.4) is 0 Å². The number of carbonyl (C=O) groups is 2. The van der Waals surface area contributed by atoms with Gasteiger partial charge in [-0.1, -0.05) is 37.3 Å². The first-order chi connectivity index (χ1) is 19.8. The summed E-state index contributed by atoms with van der Waals surface area (Å²) in [5.74, 6) is 1.92. The number of nitrogens with one attached hydrogen (secondary N) is 1. The van der Waals surface area contributed by atoms with Crippen LogP contribution in [0.25, 0.3) is 0 Å². The molecule has 0 unspecified atom stereocenters. The molecule has 8 heteroatoms. The normalized spacial score (nSPS) is 19.5. The van der Waals surface area contributed by atoms with Gasteiger partial charge in [0.1, 0.15) is 23.4 Å². The zero-order chi connectivity index (χ0) is 28.9. The molecule has 3 aromatic carbocycles. The van der Waals surface area contributed by atoms with E-state index < -0.39 is 0 Å². The highest BCUT2D eigenvalue weighted by atomic mass is 16.5. The van der Waals surface area contributed by atoms with Gasteiger partial charge in [-0.3, -0.25) is 14.5 Å². The molecule has 1 aliphatic carbocycles. The summed E-state index contributed by atoms with van der Waals surface area (Å²) < 4.78 is 12.4. The number of anilines is 1. The highest BCUT2D eigenvalue weighted by Gasteiger charge is 2.34. The van der Waals surface area contributed by atoms with E-state index in [-0.39, 0.29) is 42.4 Å². The highest BCUT2D eigenvalue weighted by molar-refractivity contribution is 6.00. The highest BCUT2D eigenvalue weighted by Crippen LogP contribution is 2.33. The summed E-state index contributed by atoms with van der Waals surface area (Å²) in [6.45, 7) is 5.58. The molecule has 1 heterocycles. The van der Waals surface area contributed by atoms with Gasteiger partial charge < -0.3 is 24.8 Å². The lowest BCUT2D eigenvalue weighted by Crippen LogP contribution is -2.49. The summed E-state index contributed by atoms with van der Waals surface area (Å²) in [4.78, 5) is 29.9. The molecule has 41 heavy (non-hydrogen) atoms. The van der Waals surface area contributed by atoms with E-state index in [1.165, 1.54) is 0 Å². The smallest absolute Gasteiger partial charge is 0.258 e. The minimum Gasteiger partial charge on any atom is -0.488 e. The molecule has 2 N–H and O–H groups in total. The number of aliphatic hydroxyl groups excluding tert-OH is 1. The summed E-state index contributed by atoms with van der Waals surface area (Å²) in [5.41, 5.74) is 2.12. The van der Waals surface area contributed by atoms with Crippen molar-refractivity contribution in [2.24, 2.45) is 11.8 Å². The summed E-state index contributed by atoms with van der Waals surface area (Å²) in [6.07, 6.45) is 1.60. The van der Waals surface area contributed by atoms with Gasteiger partial charge in [-0.2, -0.15) is 0 Å². The first-order valence-corrected chi connectivity index (χ1v) is 14.3. The number of nitrogens with zero attached hydrogens (tertiary/aromatic N) is 2. The molecule has 0 aromatic heterocycles. The van der Waals surface area contributed by atoms with Crippen LogP contribution in [0.15, 0.2) is 72.8 Å². The van der Waals surface area contributed by atoms with Crippen molar-refractivity contribution in [3.05, 3.63) is 83.9 Å². The molecule has 1 fully saturated rings. The summed E-state index contributed by atoms with van der Waals surface area (Å²) in [7, 11) is 2.06. The Morgan fingerprint density at radius 1 is 1.10 bits per heavy atom. The Kier molecular flexibility index (Phi) is 8.90. The molecule has 1 aliphatic heterocycles. The maximum Gasteiger partial charge on any atom is 0.258 e. The maximum absolute atomic E-state index is 13.6. The van der Waals surface area contributed by atoms with Gasteiger partial charge in [-0.15, -0.1) is 0 Å². The largest absolute Gasteiger partial charge is 0.488 e. The SMILES string of the molecule is C[C@@H]1CN([C@@H](C)CO)C(=O)c2cc(NC(=O)C3CC3)ccc2O[C@@H]1CN(C)Cc1ccc(Oc2ccccc2)cc1. The van der Waals surface area contributed by atoms with Gasteiger partial charge >= 0.3 is 0 Å². The van der Waals surface area contributed by atoms with E-state index in [0.717, 1.165) is 29.9 Å². The Balaban J connectivity index is 1.30. The standard InChI is InChI=1S/C33H39N3O5/c1-22-18-36(23(2)21-37)33(39)29-17-26(34-32(38)25-11-12-25)13-16-30(29)41-31(22)20-35(3)19-24-9-14-28(15-10-24)40-27-7-5-4-6-8-27/h4-10,13-17,22-23,25,31,37H,11-12,18-21H2,1-3H3,(H,34,38)/t22-,23+,31-/m1/s1. The number of hydrogen-bond donors (Lipinski definition) is 2. The van der Waals surface area contributed by atoms with Crippen LogP contribution in [0.4, 0.5) is 5.69 Å². The molecule has 0 bridgehead atoms. The van der Waals surface area contributed by atoms with Gasteiger partial charge in [0.25, 0.3) is 5.91 Å². The predicted octanol–water partition coefficient (Wildman–Crippen LogP) is 5.18. The van der Waals surface area contributed by atoms with E-state index in [9.17, 15) is 14.7 Å². The van der Waals surface area contributed by atoms with Crippen molar-refractivity contribution >= 4 is 17.5 Å². The second-order valence-corrected chi connectivity index (χ2v) is 11.4. The molecule has 3 atom stereocenters. The molecule has 5 rings (SSSR count). The monoisotopic (exact) mass is 557 g/mol. The Labute approximate surface area is 241 Å². The fourth-order valence-electron chi connectivity index (χ4n) is 5.08. The topological polar surface area (TPSA) is 91.3 Å². The van der Waals surface area contributed by atoms with Crippen LogP contribution in [-0.4, -0.2) is 65.6 Å². The molecule has 0 saturated heterocycles. The molecule has 1 saturated carbocycles. The average Bonchev–Trinajstić information content (AvgIpc) is 3.82. The third-order valence-corrected chi connectivity index (χ3v) is 7.73. The minimum absolute atomic E-state index is 0.0134. The average molecular weight is 558 g/mol. The molecule has 8 nitrogen and oxygen atoms in total. The van der Waals surface area contributed by atoms with Gasteiger partial charge in [0.2, 0.25) is 5.91 Å². The lowest BCUT2D eigenvalue weighted by Gasteiger charge is -2.38. The molecule has 3 aromatic rings. The van der Waals surface area contributed by atoms with Crippen LogP contribution >= 0.6 is 0 Å². The number of fused-ring (bicyclic) bond motifs is 1. The second-order valence-electron chi connectivity index (χ2n) is 11.4. The first-order valence-electron chi connectivity index (χ1n) is 14.3. The summed E-state index contributed by atoms with van der Waals surface area (Å²) in [6, 6.07) is 22.7. The van der Waals surface area contributed by atoms with Crippen molar-refractivity contribution in [2.75, 3.05) is 32.1 Å². The number of carbonyl (C=O) groups excluding carboxylic acids is 2. The van der Waals surface area contributed by atoms with Crippen LogP contribution in [0.1, 0.15) is 42.6 Å². The Morgan fingerprint density at radius 3 is 2.49 bits per heavy atom. The number of hydrogen-bond acceptors (Lipinski definition) is 6. The van der Waals surface area contributed by atoms with E-state index in [2.05, 4.69) is 36.3 Å². The Bertz CT molecular complexity index is 1340. The van der Waals surface area contributed by atoms with Gasteiger partial charge in [0.15, 0.2) is 0 Å². The molecular formula is C33H39N3O5. The molecule has 2 amide bonds. The van der Waals surface area contributed by atoms with Crippen molar-refractivity contribution in [1.29, 1.82) is 0 Å². The van der Waals surface area contributed by atoms with Crippen molar-refractivity contribution in [1.82, 2.24) is 9.80 Å². The summed E-state index contributed by atoms with van der Waals surface area (Å²) in [5, 5.41) is 12.9. The van der Waals surface area contributed by atoms with Gasteiger partial charge in [0, 0.05) is 37.2 Å². The summed E-state index contributed by atoms with van der Waals surface area (Å²) >= 11 is 0. The lowest BCUT2D eigenvalue weighted by molar-refractivity contribution is -0.117. The fourth-order valence-corrected chi connectivity index (χ4v) is 5.08. The number of benzene rings is 3. The van der Waals surface area contributed by atoms with Crippen LogP contribution < -0.4 is 14.8 Å². The van der Waals surface area contributed by atoms with Gasteiger partial charge in [0.05, 0.1) is 18.2 Å². The third kappa shape index (κ3) is 7.26. The van der Waals surface area contributed by atoms with Crippen molar-refractivity contribution in [2.45, 2.75) is 45.4 Å². The van der Waals surface area contributed by atoms with Crippen LogP contribution in [-0.2, 0) is 11.3 Å². The molecule has 0 radical (unpaired) electrons. The Hall–Kier alpha value is -3.88. The Morgan fingerprint density at radius 2 is 1.80 bits per heavy atom. The van der Waals surface area contributed by atoms with Crippen LogP contribution in [0.5, 0.6) is 17.2 Å². The molecular weight excluding hydrogens is 518 g/mol. The second kappa shape index (κ2) is 12.7. The number of ether oxygens (including phenoxy) is 2. The molecule has 2 aliphatic rings. The number of aliphatic hydroxyl groups is 1. The number of para-hydroxylation sites is 1. The van der Waals surface area contributed by atoms with E-state index in [0.29, 0.717) is 36.6 Å². The quantitative estimate of drug-likeness (QED) is 0.357. The van der Waals surface area contributed by atoms with E-state index in [1.54, 1.807) is 23.1 Å². The third-order valence-electron chi connectivity index (χ3n) is 7.73. The van der Waals surface area contributed by atoms with E-state index in [4.69, 9.17) is 9.47 Å². The zero-order valence-electron chi connectivity index (χ0n) is 24.0. The fraction of sp³-hybridized carbons (Fsp3) is 0.394. The lowest BCUT2D eigenvalue weighted by atomic mass is 9.99.